The fourth-order valence-electron chi connectivity index (χ4n) is 5.19. The van der Waals surface area contributed by atoms with Gasteiger partial charge in [-0.2, -0.15) is 5.10 Å². The number of carboxylic acids is 1. The van der Waals surface area contributed by atoms with Crippen LogP contribution in [0.5, 0.6) is 0 Å². The lowest BCUT2D eigenvalue weighted by atomic mass is 10.1. The summed E-state index contributed by atoms with van der Waals surface area (Å²) in [7, 11) is 0. The monoisotopic (exact) mass is 634 g/mol. The number of likely N-dealkylation sites (tertiary alicyclic amines) is 1. The van der Waals surface area contributed by atoms with Crippen LogP contribution in [0.4, 0.5) is 25.1 Å². The number of aromatic nitrogens is 4. The lowest BCUT2D eigenvalue weighted by Crippen LogP contribution is -2.38. The van der Waals surface area contributed by atoms with Crippen LogP contribution in [-0.4, -0.2) is 67.3 Å². The van der Waals surface area contributed by atoms with Crippen LogP contribution in [0.15, 0.2) is 59.5 Å². The second-order valence-electron chi connectivity index (χ2n) is 11.4. The van der Waals surface area contributed by atoms with Crippen molar-refractivity contribution in [2.24, 2.45) is 11.8 Å². The zero-order valence-electron chi connectivity index (χ0n) is 24.7. The van der Waals surface area contributed by atoms with Crippen LogP contribution in [0.3, 0.4) is 0 Å². The molecule has 0 bridgehead atoms. The van der Waals surface area contributed by atoms with E-state index in [9.17, 15) is 23.2 Å². The van der Waals surface area contributed by atoms with E-state index >= 15 is 0 Å². The van der Waals surface area contributed by atoms with E-state index in [0.717, 1.165) is 18.4 Å². The van der Waals surface area contributed by atoms with Gasteiger partial charge in [0, 0.05) is 44.4 Å². The first-order valence-corrected chi connectivity index (χ1v) is 14.9. The Labute approximate surface area is 262 Å². The van der Waals surface area contributed by atoms with Gasteiger partial charge < -0.3 is 30.4 Å². The maximum absolute atomic E-state index is 13.9. The first-order chi connectivity index (χ1) is 22.2. The van der Waals surface area contributed by atoms with Crippen LogP contribution >= 0.6 is 0 Å². The molecule has 1 saturated carbocycles. The largest absolute Gasteiger partial charge is 0.481 e. The number of rotatable bonds is 12. The Morgan fingerprint density at radius 2 is 1.89 bits per heavy atom. The maximum Gasteiger partial charge on any atom is 0.317 e. The summed E-state index contributed by atoms with van der Waals surface area (Å²) < 4.78 is 34.5. The van der Waals surface area contributed by atoms with Gasteiger partial charge in [-0.05, 0) is 60.9 Å². The van der Waals surface area contributed by atoms with Crippen molar-refractivity contribution in [3.05, 3.63) is 72.0 Å². The highest BCUT2D eigenvalue weighted by atomic mass is 19.3. The van der Waals surface area contributed by atoms with Gasteiger partial charge in [-0.1, -0.05) is 12.1 Å². The van der Waals surface area contributed by atoms with Crippen LogP contribution in [0.25, 0.3) is 17.1 Å². The predicted octanol–water partition coefficient (Wildman–Crippen LogP) is 4.94. The number of oxazole rings is 1. The highest BCUT2D eigenvalue weighted by Crippen LogP contribution is 2.30. The second-order valence-corrected chi connectivity index (χ2v) is 11.4. The van der Waals surface area contributed by atoms with E-state index < -0.39 is 24.0 Å². The topological polar surface area (TPSA) is 168 Å². The van der Waals surface area contributed by atoms with Crippen LogP contribution < -0.4 is 16.0 Å². The van der Waals surface area contributed by atoms with Gasteiger partial charge in [0.05, 0.1) is 17.6 Å². The SMILES string of the molecule is O=C(O)CC1CCN(C(=O)NCc2ccc(-n3cc(NC(=O)c4coc(-c5ccnc(NCC6CC6)c5)n4)c(C(F)F)n3)cc2)C1. The number of halogens is 2. The molecule has 3 aromatic heterocycles. The van der Waals surface area contributed by atoms with Gasteiger partial charge in [0.1, 0.15) is 12.1 Å². The third-order valence-electron chi connectivity index (χ3n) is 7.89. The number of amides is 3. The molecule has 1 aromatic carbocycles. The summed E-state index contributed by atoms with van der Waals surface area (Å²) in [6.07, 6.45) is 4.17. The van der Waals surface area contributed by atoms with Crippen molar-refractivity contribution in [2.45, 2.75) is 38.7 Å². The fourth-order valence-corrected chi connectivity index (χ4v) is 5.19. The standard InChI is InChI=1S/C31H32F2N8O5/c32-28(33)27-23(37-29(44)24-17-46-30(38-24)21-7-9-34-25(12-21)35-13-18-1-2-18)16-41(39-27)22-5-3-19(4-6-22)14-36-31(45)40-10-8-20(15-40)11-26(42)43/h3-7,9,12,16-18,20,28H,1-2,8,10-11,13-15H2,(H,34,35)(H,36,45)(H,37,44)(H,42,43). The van der Waals surface area contributed by atoms with Crippen LogP contribution in [0.1, 0.15) is 53.9 Å². The van der Waals surface area contributed by atoms with Crippen molar-refractivity contribution in [3.8, 4) is 17.1 Å². The van der Waals surface area contributed by atoms with E-state index in [1.54, 1.807) is 47.5 Å². The van der Waals surface area contributed by atoms with Crippen molar-refractivity contribution >= 4 is 29.4 Å². The Kier molecular flexibility index (Phi) is 8.90. The number of carbonyl (C=O) groups excluding carboxylic acids is 2. The summed E-state index contributed by atoms with van der Waals surface area (Å²) in [4.78, 5) is 46.5. The zero-order valence-corrected chi connectivity index (χ0v) is 24.7. The number of alkyl halides is 2. The molecule has 240 valence electrons. The molecule has 15 heteroatoms. The summed E-state index contributed by atoms with van der Waals surface area (Å²) in [5, 5.41) is 21.5. The van der Waals surface area contributed by atoms with E-state index in [0.29, 0.717) is 42.5 Å². The van der Waals surface area contributed by atoms with E-state index in [1.807, 2.05) is 0 Å². The minimum atomic E-state index is -2.96. The molecular weight excluding hydrogens is 602 g/mol. The van der Waals surface area contributed by atoms with Crippen molar-refractivity contribution < 1.29 is 32.7 Å². The minimum absolute atomic E-state index is 0.0316. The molecule has 3 amide bonds. The zero-order chi connectivity index (χ0) is 32.2. The minimum Gasteiger partial charge on any atom is -0.481 e. The molecule has 1 unspecified atom stereocenters. The molecule has 6 rings (SSSR count). The van der Waals surface area contributed by atoms with Crippen molar-refractivity contribution in [1.82, 2.24) is 30.0 Å². The number of hydrogen-bond donors (Lipinski definition) is 4. The molecule has 46 heavy (non-hydrogen) atoms. The van der Waals surface area contributed by atoms with Crippen molar-refractivity contribution in [2.75, 3.05) is 30.3 Å². The molecule has 13 nitrogen and oxygen atoms in total. The Balaban J connectivity index is 1.07. The van der Waals surface area contributed by atoms with Gasteiger partial charge in [0.25, 0.3) is 12.3 Å². The number of carboxylic acid groups (broad SMARTS) is 1. The molecule has 1 aliphatic heterocycles. The first kappa shape index (κ1) is 30.7. The molecule has 4 N–H and O–H groups in total. The van der Waals surface area contributed by atoms with Gasteiger partial charge in [-0.25, -0.2) is 28.2 Å². The fraction of sp³-hybridized carbons (Fsp3) is 0.355. The lowest BCUT2D eigenvalue weighted by Gasteiger charge is -2.17. The smallest absolute Gasteiger partial charge is 0.317 e. The van der Waals surface area contributed by atoms with E-state index in [-0.39, 0.29) is 42.2 Å². The number of urea groups is 1. The number of nitrogens with one attached hydrogen (secondary N) is 3. The summed E-state index contributed by atoms with van der Waals surface area (Å²) in [5.41, 5.74) is 0.946. The maximum atomic E-state index is 13.9. The van der Waals surface area contributed by atoms with E-state index in [1.165, 1.54) is 23.7 Å². The van der Waals surface area contributed by atoms with E-state index in [2.05, 4.69) is 31.0 Å². The predicted molar refractivity (Wildman–Crippen MR) is 162 cm³/mol. The molecule has 4 aromatic rings. The summed E-state index contributed by atoms with van der Waals surface area (Å²) in [6.45, 7) is 1.94. The molecule has 1 aliphatic carbocycles. The number of nitrogens with zero attached hydrogens (tertiary/aromatic N) is 5. The molecule has 0 radical (unpaired) electrons. The third kappa shape index (κ3) is 7.47. The Morgan fingerprint density at radius 1 is 1.09 bits per heavy atom. The number of pyridine rings is 1. The van der Waals surface area contributed by atoms with E-state index in [4.69, 9.17) is 9.52 Å². The van der Waals surface area contributed by atoms with Gasteiger partial charge in [0.2, 0.25) is 5.89 Å². The summed E-state index contributed by atoms with van der Waals surface area (Å²) in [6, 6.07) is 9.93. The number of anilines is 2. The quantitative estimate of drug-likeness (QED) is 0.169. The molecule has 4 heterocycles. The number of hydrogen-bond acceptors (Lipinski definition) is 8. The Hall–Kier alpha value is -5.34. The normalized spacial score (nSPS) is 16.1. The molecular formula is C31H32F2N8O5. The van der Waals surface area contributed by atoms with Crippen molar-refractivity contribution in [3.63, 3.8) is 0 Å². The van der Waals surface area contributed by atoms with Gasteiger partial charge in [-0.15, -0.1) is 0 Å². The Morgan fingerprint density at radius 3 is 2.63 bits per heavy atom. The summed E-state index contributed by atoms with van der Waals surface area (Å²) >= 11 is 0. The second kappa shape index (κ2) is 13.3. The lowest BCUT2D eigenvalue weighted by molar-refractivity contribution is -0.138. The van der Waals surface area contributed by atoms with Crippen molar-refractivity contribution in [1.29, 1.82) is 0 Å². The van der Waals surface area contributed by atoms with Crippen LogP contribution in [0, 0.1) is 11.8 Å². The highest BCUT2D eigenvalue weighted by Gasteiger charge is 2.28. The van der Waals surface area contributed by atoms with Gasteiger partial charge >= 0.3 is 12.0 Å². The molecule has 0 spiro atoms. The first-order valence-electron chi connectivity index (χ1n) is 14.9. The van der Waals surface area contributed by atoms with Crippen LogP contribution in [0.2, 0.25) is 0 Å². The third-order valence-corrected chi connectivity index (χ3v) is 7.89. The van der Waals surface area contributed by atoms with Crippen LogP contribution in [-0.2, 0) is 11.3 Å². The number of aliphatic carboxylic acids is 1. The molecule has 1 saturated heterocycles. The molecule has 2 aliphatic rings. The molecule has 1 atom stereocenters. The van der Waals surface area contributed by atoms with Gasteiger partial charge in [-0.3, -0.25) is 9.59 Å². The number of benzene rings is 1. The average Bonchev–Trinajstić information content (AvgIpc) is 3.38. The number of carbonyl (C=O) groups is 3. The average molecular weight is 635 g/mol. The highest BCUT2D eigenvalue weighted by molar-refractivity contribution is 6.03. The molecule has 2 fully saturated rings. The Bertz CT molecular complexity index is 1720. The summed E-state index contributed by atoms with van der Waals surface area (Å²) in [5.74, 6) is -0.169. The van der Waals surface area contributed by atoms with Gasteiger partial charge in [0.15, 0.2) is 11.4 Å².